The summed E-state index contributed by atoms with van der Waals surface area (Å²) in [6.45, 7) is 9.34. The van der Waals surface area contributed by atoms with Crippen molar-refractivity contribution < 1.29 is 19.5 Å². The SMILES string of the molecule is CCCCCC/C(O)=C/[N+](CCCCC)(CCCCC)CCCC(=O)[O-]. The highest BCUT2D eigenvalue weighted by Crippen LogP contribution is 2.20. The topological polar surface area (TPSA) is 60.4 Å². The molecule has 0 aliphatic carbocycles. The van der Waals surface area contributed by atoms with Gasteiger partial charge in [0.15, 0.2) is 0 Å². The van der Waals surface area contributed by atoms with E-state index >= 15 is 0 Å². The number of allylic oxidation sites excluding steroid dienone is 1. The first-order valence-electron chi connectivity index (χ1n) is 11.0. The molecule has 154 valence electrons. The molecule has 0 radical (unpaired) electrons. The first-order chi connectivity index (χ1) is 12.5. The molecule has 0 aliphatic heterocycles. The quantitative estimate of drug-likeness (QED) is 0.208. The molecule has 0 saturated heterocycles. The van der Waals surface area contributed by atoms with Gasteiger partial charge >= 0.3 is 0 Å². The number of carbonyl (C=O) groups is 1. The summed E-state index contributed by atoms with van der Waals surface area (Å²) < 4.78 is 0.729. The summed E-state index contributed by atoms with van der Waals surface area (Å²) in [5.41, 5.74) is 0. The minimum Gasteiger partial charge on any atom is -0.550 e. The summed E-state index contributed by atoms with van der Waals surface area (Å²) in [7, 11) is 0. The lowest BCUT2D eigenvalue weighted by molar-refractivity contribution is -0.881. The highest BCUT2D eigenvalue weighted by atomic mass is 16.4. The number of carboxylic acid groups (broad SMARTS) is 1. The number of aliphatic carboxylic acids is 1. The first-order valence-corrected chi connectivity index (χ1v) is 11.0. The van der Waals surface area contributed by atoms with Crippen LogP contribution in [0.25, 0.3) is 0 Å². The molecule has 0 bridgehead atoms. The summed E-state index contributed by atoms with van der Waals surface area (Å²) in [4.78, 5) is 10.8. The molecule has 0 spiro atoms. The number of aliphatic hydroxyl groups excluding tert-OH is 1. The van der Waals surface area contributed by atoms with Crippen LogP contribution in [0.1, 0.15) is 104 Å². The van der Waals surface area contributed by atoms with Crippen molar-refractivity contribution in [2.75, 3.05) is 19.6 Å². The Hall–Kier alpha value is -1.03. The van der Waals surface area contributed by atoms with Gasteiger partial charge in [-0.3, -0.25) is 4.48 Å². The van der Waals surface area contributed by atoms with Crippen molar-refractivity contribution in [2.45, 2.75) is 104 Å². The molecule has 0 unspecified atom stereocenters. The zero-order valence-corrected chi connectivity index (χ0v) is 17.6. The average molecular weight is 370 g/mol. The van der Waals surface area contributed by atoms with E-state index in [0.717, 1.165) is 56.2 Å². The summed E-state index contributed by atoms with van der Waals surface area (Å²) >= 11 is 0. The van der Waals surface area contributed by atoms with Gasteiger partial charge < -0.3 is 15.0 Å². The lowest BCUT2D eigenvalue weighted by Gasteiger charge is -2.36. The Balaban J connectivity index is 5.05. The predicted molar refractivity (Wildman–Crippen MR) is 108 cm³/mol. The highest BCUT2D eigenvalue weighted by Gasteiger charge is 2.25. The molecule has 0 rings (SSSR count). The molecule has 0 amide bonds. The Kier molecular flexibility index (Phi) is 15.5. The van der Waals surface area contributed by atoms with E-state index in [-0.39, 0.29) is 6.42 Å². The van der Waals surface area contributed by atoms with E-state index in [1.807, 2.05) is 6.20 Å². The van der Waals surface area contributed by atoms with Gasteiger partial charge in [0.1, 0.15) is 12.0 Å². The van der Waals surface area contributed by atoms with Gasteiger partial charge in [-0.15, -0.1) is 0 Å². The number of hydrogen-bond acceptors (Lipinski definition) is 3. The molecule has 0 aromatic carbocycles. The third-order valence-corrected chi connectivity index (χ3v) is 5.11. The van der Waals surface area contributed by atoms with E-state index in [1.54, 1.807) is 0 Å². The second-order valence-corrected chi connectivity index (χ2v) is 7.71. The zero-order valence-electron chi connectivity index (χ0n) is 17.6. The van der Waals surface area contributed by atoms with Crippen LogP contribution in [0.3, 0.4) is 0 Å². The maximum Gasteiger partial charge on any atom is 0.145 e. The van der Waals surface area contributed by atoms with Crippen LogP contribution in [-0.4, -0.2) is 35.2 Å². The third kappa shape index (κ3) is 13.2. The molecular weight excluding hydrogens is 326 g/mol. The molecule has 0 aliphatic rings. The summed E-state index contributed by atoms with van der Waals surface area (Å²) in [5, 5.41) is 21.4. The van der Waals surface area contributed by atoms with E-state index in [9.17, 15) is 15.0 Å². The van der Waals surface area contributed by atoms with Crippen LogP contribution in [0.4, 0.5) is 0 Å². The van der Waals surface area contributed by atoms with E-state index in [4.69, 9.17) is 0 Å². The number of quaternary nitrogens is 1. The average Bonchev–Trinajstić information content (AvgIpc) is 2.59. The van der Waals surface area contributed by atoms with Crippen LogP contribution < -0.4 is 5.11 Å². The van der Waals surface area contributed by atoms with Gasteiger partial charge in [-0.1, -0.05) is 52.9 Å². The number of carbonyl (C=O) groups excluding carboxylic acids is 1. The van der Waals surface area contributed by atoms with E-state index in [0.29, 0.717) is 12.2 Å². The Morgan fingerprint density at radius 3 is 1.77 bits per heavy atom. The fourth-order valence-corrected chi connectivity index (χ4v) is 3.53. The molecule has 4 nitrogen and oxygen atoms in total. The van der Waals surface area contributed by atoms with Crippen molar-refractivity contribution in [1.82, 2.24) is 0 Å². The lowest BCUT2D eigenvalue weighted by atomic mass is 10.1. The molecule has 0 saturated carbocycles. The molecule has 4 heteroatoms. The number of carboxylic acids is 1. The maximum absolute atomic E-state index is 10.8. The number of rotatable bonds is 18. The molecule has 0 aromatic heterocycles. The fraction of sp³-hybridized carbons (Fsp3) is 0.864. The summed E-state index contributed by atoms with van der Waals surface area (Å²) in [6.07, 6.45) is 15.0. The number of unbranched alkanes of at least 4 members (excludes halogenated alkanes) is 7. The standard InChI is InChI=1S/C22H43NO3/c1-4-7-10-11-15-21(24)20-23(17-12-8-5-2,18-13-9-6-3)19-14-16-22(25)26/h20H,4-19H2,1-3H3,(H-,24,25,26)/b21-20-. The van der Waals surface area contributed by atoms with Crippen molar-refractivity contribution in [1.29, 1.82) is 0 Å². The molecule has 0 heterocycles. The Morgan fingerprint density at radius 1 is 0.769 bits per heavy atom. The van der Waals surface area contributed by atoms with Gasteiger partial charge in [0.25, 0.3) is 0 Å². The largest absolute Gasteiger partial charge is 0.550 e. The first kappa shape index (κ1) is 25.0. The zero-order chi connectivity index (χ0) is 19.7. The summed E-state index contributed by atoms with van der Waals surface area (Å²) in [5.74, 6) is -0.486. The second kappa shape index (κ2) is 16.2. The second-order valence-electron chi connectivity index (χ2n) is 7.71. The molecule has 0 atom stereocenters. The lowest BCUT2D eigenvalue weighted by Crippen LogP contribution is -2.46. The van der Waals surface area contributed by atoms with Gasteiger partial charge in [0.05, 0.1) is 19.6 Å². The van der Waals surface area contributed by atoms with Crippen molar-refractivity contribution in [3.8, 4) is 0 Å². The minimum atomic E-state index is -0.974. The molecule has 0 fully saturated rings. The van der Waals surface area contributed by atoms with Crippen LogP contribution in [0.5, 0.6) is 0 Å². The van der Waals surface area contributed by atoms with Crippen LogP contribution >= 0.6 is 0 Å². The molecule has 1 N–H and O–H groups in total. The summed E-state index contributed by atoms with van der Waals surface area (Å²) in [6, 6.07) is 0. The van der Waals surface area contributed by atoms with Crippen molar-refractivity contribution in [3.05, 3.63) is 12.0 Å². The normalized spacial score (nSPS) is 12.5. The Morgan fingerprint density at radius 2 is 1.27 bits per heavy atom. The van der Waals surface area contributed by atoms with Gasteiger partial charge in [-0.2, -0.15) is 0 Å². The Labute approximate surface area is 161 Å². The smallest absolute Gasteiger partial charge is 0.145 e. The van der Waals surface area contributed by atoms with Crippen LogP contribution in [0, 0.1) is 0 Å². The van der Waals surface area contributed by atoms with Gasteiger partial charge in [-0.05, 0) is 38.5 Å². The van der Waals surface area contributed by atoms with Gasteiger partial charge in [-0.25, -0.2) is 0 Å². The Bertz CT molecular complexity index is 370. The van der Waals surface area contributed by atoms with E-state index < -0.39 is 5.97 Å². The fourth-order valence-electron chi connectivity index (χ4n) is 3.53. The predicted octanol–water partition coefficient (Wildman–Crippen LogP) is 5.08. The van der Waals surface area contributed by atoms with Crippen LogP contribution in [-0.2, 0) is 4.79 Å². The molecule has 0 aromatic rings. The van der Waals surface area contributed by atoms with E-state index in [1.165, 1.54) is 38.5 Å². The third-order valence-electron chi connectivity index (χ3n) is 5.11. The van der Waals surface area contributed by atoms with E-state index in [2.05, 4.69) is 20.8 Å². The monoisotopic (exact) mass is 369 g/mol. The van der Waals surface area contributed by atoms with Gasteiger partial charge in [0, 0.05) is 18.8 Å². The van der Waals surface area contributed by atoms with Crippen molar-refractivity contribution >= 4 is 5.97 Å². The van der Waals surface area contributed by atoms with Crippen LogP contribution in [0.15, 0.2) is 12.0 Å². The number of aliphatic hydroxyl groups is 1. The molecular formula is C22H43NO3. The number of nitrogens with zero attached hydrogens (tertiary/aromatic N) is 1. The highest BCUT2D eigenvalue weighted by molar-refractivity contribution is 5.64. The van der Waals surface area contributed by atoms with Crippen LogP contribution in [0.2, 0.25) is 0 Å². The van der Waals surface area contributed by atoms with Gasteiger partial charge in [0.2, 0.25) is 0 Å². The molecule has 26 heavy (non-hydrogen) atoms. The van der Waals surface area contributed by atoms with Crippen molar-refractivity contribution in [2.24, 2.45) is 0 Å². The minimum absolute atomic E-state index is 0.104. The maximum atomic E-state index is 10.8. The number of hydrogen-bond donors (Lipinski definition) is 1. The van der Waals surface area contributed by atoms with Crippen molar-refractivity contribution in [3.63, 3.8) is 0 Å².